The molecule has 0 N–H and O–H groups in total. The molecule has 1 aromatic rings. The Kier molecular flexibility index (Phi) is 2.83. The summed E-state index contributed by atoms with van der Waals surface area (Å²) in [6.07, 6.45) is 0. The van der Waals surface area contributed by atoms with Crippen LogP contribution in [-0.2, 0) is 5.41 Å². The normalized spacial score (nSPS) is 21.9. The van der Waals surface area contributed by atoms with Crippen LogP contribution in [0.1, 0.15) is 63.0 Å². The molecule has 1 fully saturated rings. The predicted molar refractivity (Wildman–Crippen MR) is 78.4 cm³/mol. The molecule has 0 aromatic carbocycles. The summed E-state index contributed by atoms with van der Waals surface area (Å²) in [6, 6.07) is 4.12. The highest BCUT2D eigenvalue weighted by Crippen LogP contribution is 2.69. The summed E-state index contributed by atoms with van der Waals surface area (Å²) in [4.78, 5) is 14.8. The molecule has 1 aliphatic carbocycles. The van der Waals surface area contributed by atoms with Gasteiger partial charge in [-0.25, -0.2) is 0 Å². The van der Waals surface area contributed by atoms with E-state index in [9.17, 15) is 4.79 Å². The van der Waals surface area contributed by atoms with E-state index < -0.39 is 0 Å². The second kappa shape index (κ2) is 3.69. The van der Waals surface area contributed by atoms with Gasteiger partial charge in [0.25, 0.3) is 0 Å². The van der Waals surface area contributed by atoms with E-state index in [4.69, 9.17) is 0 Å². The molecule has 0 unspecified atom stereocenters. The zero-order chi connectivity index (χ0) is 13.9. The van der Waals surface area contributed by atoms with Gasteiger partial charge in [-0.2, -0.15) is 0 Å². The first-order chi connectivity index (χ1) is 7.99. The molecule has 1 nitrogen and oxygen atoms in total. The molecule has 100 valence electrons. The third kappa shape index (κ3) is 1.85. The van der Waals surface area contributed by atoms with Crippen LogP contribution in [0.15, 0.2) is 12.1 Å². The number of Topliss-reactive ketones (excluding diaryl/α,β-unsaturated/α-hetero) is 1. The van der Waals surface area contributed by atoms with Crippen LogP contribution in [-0.4, -0.2) is 5.78 Å². The highest BCUT2D eigenvalue weighted by Gasteiger charge is 2.68. The fraction of sp³-hybridized carbons (Fsp3) is 0.688. The minimum Gasteiger partial charge on any atom is -0.293 e. The third-order valence-corrected chi connectivity index (χ3v) is 6.40. The Morgan fingerprint density at radius 1 is 1.11 bits per heavy atom. The monoisotopic (exact) mass is 264 g/mol. The number of rotatable bonds is 2. The second-order valence-electron chi connectivity index (χ2n) is 7.65. The zero-order valence-corrected chi connectivity index (χ0v) is 13.4. The van der Waals surface area contributed by atoms with E-state index in [-0.39, 0.29) is 22.2 Å². The van der Waals surface area contributed by atoms with Gasteiger partial charge in [0.15, 0.2) is 5.78 Å². The van der Waals surface area contributed by atoms with Crippen molar-refractivity contribution < 1.29 is 4.79 Å². The fourth-order valence-electron chi connectivity index (χ4n) is 2.87. The van der Waals surface area contributed by atoms with E-state index in [1.807, 2.05) is 6.07 Å². The average molecular weight is 264 g/mol. The topological polar surface area (TPSA) is 17.1 Å². The Labute approximate surface area is 115 Å². The van der Waals surface area contributed by atoms with Crippen LogP contribution >= 0.6 is 11.3 Å². The standard InChI is InChI=1S/C16H24OS/c1-14(2,3)11-9-8-10(18-11)12(17)13-15(4,5)16(13,6)7/h8-9,13H,1-7H3. The highest BCUT2D eigenvalue weighted by atomic mass is 32.1. The molecule has 18 heavy (non-hydrogen) atoms. The van der Waals surface area contributed by atoms with Crippen molar-refractivity contribution >= 4 is 17.1 Å². The van der Waals surface area contributed by atoms with Gasteiger partial charge in [-0.3, -0.25) is 4.79 Å². The van der Waals surface area contributed by atoms with Gasteiger partial charge >= 0.3 is 0 Å². The SMILES string of the molecule is CC(C)(C)c1ccc(C(=O)C2C(C)(C)C2(C)C)s1. The summed E-state index contributed by atoms with van der Waals surface area (Å²) in [7, 11) is 0. The van der Waals surface area contributed by atoms with Gasteiger partial charge in [0.1, 0.15) is 0 Å². The van der Waals surface area contributed by atoms with Crippen LogP contribution in [0.3, 0.4) is 0 Å². The van der Waals surface area contributed by atoms with E-state index in [2.05, 4.69) is 54.5 Å². The third-order valence-electron chi connectivity index (χ3n) is 4.87. The maximum atomic E-state index is 12.6. The first-order valence-corrected chi connectivity index (χ1v) is 7.46. The van der Waals surface area contributed by atoms with Crippen LogP contribution in [0, 0.1) is 16.7 Å². The Bertz CT molecular complexity index is 471. The van der Waals surface area contributed by atoms with E-state index >= 15 is 0 Å². The lowest BCUT2D eigenvalue weighted by molar-refractivity contribution is 0.0949. The Morgan fingerprint density at radius 2 is 1.61 bits per heavy atom. The molecule has 0 bridgehead atoms. The first kappa shape index (κ1) is 13.8. The molecule has 0 amide bonds. The molecular weight excluding hydrogens is 240 g/mol. The Morgan fingerprint density at radius 3 is 1.94 bits per heavy atom. The number of carbonyl (C=O) groups is 1. The van der Waals surface area contributed by atoms with Crippen molar-refractivity contribution in [2.45, 2.75) is 53.9 Å². The summed E-state index contributed by atoms with van der Waals surface area (Å²) in [5, 5.41) is 0. The largest absolute Gasteiger partial charge is 0.293 e. The van der Waals surface area contributed by atoms with Crippen LogP contribution in [0.2, 0.25) is 0 Å². The predicted octanol–water partition coefficient (Wildman–Crippen LogP) is 4.91. The van der Waals surface area contributed by atoms with Gasteiger partial charge < -0.3 is 0 Å². The van der Waals surface area contributed by atoms with Crippen molar-refractivity contribution in [2.75, 3.05) is 0 Å². The Hall–Kier alpha value is -0.630. The Balaban J connectivity index is 2.25. The number of hydrogen-bond donors (Lipinski definition) is 0. The zero-order valence-electron chi connectivity index (χ0n) is 12.5. The summed E-state index contributed by atoms with van der Waals surface area (Å²) in [5.74, 6) is 0.516. The summed E-state index contributed by atoms with van der Waals surface area (Å²) < 4.78 is 0. The van der Waals surface area contributed by atoms with Crippen molar-refractivity contribution in [3.05, 3.63) is 21.9 Å². The van der Waals surface area contributed by atoms with Crippen molar-refractivity contribution in [1.82, 2.24) is 0 Å². The second-order valence-corrected chi connectivity index (χ2v) is 8.74. The van der Waals surface area contributed by atoms with Gasteiger partial charge in [-0.05, 0) is 28.4 Å². The lowest BCUT2D eigenvalue weighted by Gasteiger charge is -2.15. The van der Waals surface area contributed by atoms with Crippen LogP contribution in [0.25, 0.3) is 0 Å². The van der Waals surface area contributed by atoms with Crippen molar-refractivity contribution in [2.24, 2.45) is 16.7 Å². The first-order valence-electron chi connectivity index (χ1n) is 6.64. The van der Waals surface area contributed by atoms with Gasteiger partial charge in [0.2, 0.25) is 0 Å². The molecule has 0 saturated heterocycles. The summed E-state index contributed by atoms with van der Waals surface area (Å²) in [6.45, 7) is 15.4. The van der Waals surface area contributed by atoms with E-state index in [0.29, 0.717) is 5.78 Å². The minimum atomic E-state index is 0.135. The van der Waals surface area contributed by atoms with Gasteiger partial charge in [0, 0.05) is 10.8 Å². The maximum absolute atomic E-state index is 12.6. The molecule has 1 heterocycles. The molecule has 2 heteroatoms. The molecule has 1 aromatic heterocycles. The van der Waals surface area contributed by atoms with Crippen LogP contribution in [0.5, 0.6) is 0 Å². The van der Waals surface area contributed by atoms with Gasteiger partial charge in [-0.1, -0.05) is 48.5 Å². The number of carbonyl (C=O) groups excluding carboxylic acids is 1. The highest BCUT2D eigenvalue weighted by molar-refractivity contribution is 7.14. The van der Waals surface area contributed by atoms with Crippen LogP contribution in [0.4, 0.5) is 0 Å². The van der Waals surface area contributed by atoms with E-state index in [1.54, 1.807) is 11.3 Å². The summed E-state index contributed by atoms with van der Waals surface area (Å²) in [5.41, 5.74) is 0.406. The summed E-state index contributed by atoms with van der Waals surface area (Å²) >= 11 is 1.67. The molecule has 0 atom stereocenters. The molecule has 2 rings (SSSR count). The van der Waals surface area contributed by atoms with Crippen molar-refractivity contribution in [1.29, 1.82) is 0 Å². The molecule has 1 aliphatic rings. The van der Waals surface area contributed by atoms with Gasteiger partial charge in [0.05, 0.1) is 4.88 Å². The fourth-order valence-corrected chi connectivity index (χ4v) is 3.90. The number of ketones is 1. The quantitative estimate of drug-likeness (QED) is 0.694. The van der Waals surface area contributed by atoms with E-state index in [1.165, 1.54) is 4.88 Å². The molecule has 0 radical (unpaired) electrons. The molecule has 1 saturated carbocycles. The van der Waals surface area contributed by atoms with Gasteiger partial charge in [-0.15, -0.1) is 11.3 Å². The van der Waals surface area contributed by atoms with Crippen molar-refractivity contribution in [3.8, 4) is 0 Å². The maximum Gasteiger partial charge on any atom is 0.176 e. The molecule has 0 aliphatic heterocycles. The minimum absolute atomic E-state index is 0.135. The van der Waals surface area contributed by atoms with Crippen molar-refractivity contribution in [3.63, 3.8) is 0 Å². The average Bonchev–Trinajstić information content (AvgIpc) is 2.57. The van der Waals surface area contributed by atoms with Crippen LogP contribution < -0.4 is 0 Å². The molecular formula is C16H24OS. The smallest absolute Gasteiger partial charge is 0.176 e. The van der Waals surface area contributed by atoms with E-state index in [0.717, 1.165) is 4.88 Å². The lowest BCUT2D eigenvalue weighted by atomic mass is 9.95. The lowest BCUT2D eigenvalue weighted by Crippen LogP contribution is -2.08. The molecule has 0 spiro atoms. The number of hydrogen-bond acceptors (Lipinski definition) is 2. The number of thiophene rings is 1.